The van der Waals surface area contributed by atoms with Gasteiger partial charge in [-0.3, -0.25) is 0 Å². The number of hydrogen-bond acceptors (Lipinski definition) is 0. The highest BCUT2D eigenvalue weighted by atomic mass is 79.9. The van der Waals surface area contributed by atoms with Crippen molar-refractivity contribution in [1.29, 1.82) is 0 Å². The molecule has 1 unspecified atom stereocenters. The zero-order chi connectivity index (χ0) is 10.9. The van der Waals surface area contributed by atoms with Crippen molar-refractivity contribution in [3.8, 4) is 0 Å². The van der Waals surface area contributed by atoms with E-state index in [4.69, 9.17) is 0 Å². The van der Waals surface area contributed by atoms with E-state index in [1.54, 1.807) is 0 Å². The van der Waals surface area contributed by atoms with Crippen LogP contribution in [0, 0.1) is 0 Å². The van der Waals surface area contributed by atoms with E-state index in [2.05, 4.69) is 62.2 Å². The molecule has 0 bridgehead atoms. The topological polar surface area (TPSA) is 0 Å². The van der Waals surface area contributed by atoms with Crippen molar-refractivity contribution < 1.29 is 0 Å². The average molecular weight is 334 g/mol. The van der Waals surface area contributed by atoms with Crippen LogP contribution in [0.3, 0.4) is 0 Å². The van der Waals surface area contributed by atoms with Gasteiger partial charge in [0.05, 0.1) is 0 Å². The first-order valence-corrected chi connectivity index (χ1v) is 7.60. The molecule has 1 atom stereocenters. The second-order valence-corrected chi connectivity index (χ2v) is 5.91. The minimum Gasteiger partial charge on any atom is -0.0928 e. The fourth-order valence-corrected chi connectivity index (χ4v) is 2.70. The molecule has 0 saturated carbocycles. The Bertz CT molecular complexity index is 246. The van der Waals surface area contributed by atoms with E-state index in [0.717, 1.165) is 11.8 Å². The molecule has 0 fully saturated rings. The van der Waals surface area contributed by atoms with E-state index in [0.29, 0.717) is 4.83 Å². The standard InChI is InChI=1S/C13H18Br2/c14-10-6-2-5-9-13(15)11-12-7-3-1-4-8-12/h1,3-4,7-8,13H,2,5-6,9-11H2. The van der Waals surface area contributed by atoms with Gasteiger partial charge >= 0.3 is 0 Å². The van der Waals surface area contributed by atoms with Gasteiger partial charge in [0.15, 0.2) is 0 Å². The van der Waals surface area contributed by atoms with Gasteiger partial charge in [0.2, 0.25) is 0 Å². The summed E-state index contributed by atoms with van der Waals surface area (Å²) < 4.78 is 0. The molecule has 15 heavy (non-hydrogen) atoms. The summed E-state index contributed by atoms with van der Waals surface area (Å²) in [5.41, 5.74) is 1.43. The van der Waals surface area contributed by atoms with Gasteiger partial charge in [0.1, 0.15) is 0 Å². The van der Waals surface area contributed by atoms with Gasteiger partial charge in [-0.05, 0) is 24.8 Å². The second kappa shape index (κ2) is 8.35. The highest BCUT2D eigenvalue weighted by Crippen LogP contribution is 2.16. The first-order chi connectivity index (χ1) is 7.33. The summed E-state index contributed by atoms with van der Waals surface area (Å²) in [4.78, 5) is 0.634. The van der Waals surface area contributed by atoms with Crippen LogP contribution in [0.5, 0.6) is 0 Å². The predicted molar refractivity (Wildman–Crippen MR) is 75.1 cm³/mol. The molecule has 0 heterocycles. The lowest BCUT2D eigenvalue weighted by molar-refractivity contribution is 0.651. The summed E-state index contributed by atoms with van der Waals surface area (Å²) >= 11 is 7.21. The van der Waals surface area contributed by atoms with E-state index >= 15 is 0 Å². The largest absolute Gasteiger partial charge is 0.0928 e. The molecule has 0 radical (unpaired) electrons. The molecule has 84 valence electrons. The van der Waals surface area contributed by atoms with Crippen molar-refractivity contribution in [3.63, 3.8) is 0 Å². The minimum atomic E-state index is 0.634. The van der Waals surface area contributed by atoms with Crippen LogP contribution in [0.1, 0.15) is 31.2 Å². The van der Waals surface area contributed by atoms with Gasteiger partial charge < -0.3 is 0 Å². The SMILES string of the molecule is BrCCCCCC(Br)Cc1ccccc1. The van der Waals surface area contributed by atoms with Crippen LogP contribution in [0.25, 0.3) is 0 Å². The smallest absolute Gasteiger partial charge is 0.0186 e. The molecule has 0 spiro atoms. The summed E-state index contributed by atoms with van der Waals surface area (Å²) in [6.45, 7) is 0. The van der Waals surface area contributed by atoms with Crippen molar-refractivity contribution >= 4 is 31.9 Å². The van der Waals surface area contributed by atoms with Gasteiger partial charge in [0.25, 0.3) is 0 Å². The fraction of sp³-hybridized carbons (Fsp3) is 0.538. The average Bonchev–Trinajstić information content (AvgIpc) is 2.26. The molecule has 0 saturated heterocycles. The molecule has 0 aliphatic heterocycles. The number of hydrogen-bond donors (Lipinski definition) is 0. The molecular weight excluding hydrogens is 316 g/mol. The van der Waals surface area contributed by atoms with Crippen LogP contribution in [-0.2, 0) is 6.42 Å². The lowest BCUT2D eigenvalue weighted by Gasteiger charge is -2.09. The normalized spacial score (nSPS) is 12.7. The Balaban J connectivity index is 2.16. The van der Waals surface area contributed by atoms with E-state index in [1.807, 2.05) is 0 Å². The van der Waals surface area contributed by atoms with Crippen LogP contribution in [0.15, 0.2) is 30.3 Å². The summed E-state index contributed by atoms with van der Waals surface area (Å²) in [6.07, 6.45) is 6.39. The van der Waals surface area contributed by atoms with Crippen LogP contribution >= 0.6 is 31.9 Å². The highest BCUT2D eigenvalue weighted by molar-refractivity contribution is 9.09. The van der Waals surface area contributed by atoms with E-state index < -0.39 is 0 Å². The molecule has 1 aromatic rings. The molecular formula is C13H18Br2. The summed E-state index contributed by atoms with van der Waals surface area (Å²) in [5, 5.41) is 1.14. The van der Waals surface area contributed by atoms with E-state index in [9.17, 15) is 0 Å². The maximum Gasteiger partial charge on any atom is 0.0186 e. The molecule has 0 aliphatic carbocycles. The molecule has 0 aromatic heterocycles. The Morgan fingerprint density at radius 2 is 1.73 bits per heavy atom. The summed E-state index contributed by atoms with van der Waals surface area (Å²) in [6, 6.07) is 10.7. The maximum absolute atomic E-state index is 3.75. The van der Waals surface area contributed by atoms with Crippen LogP contribution in [-0.4, -0.2) is 10.2 Å². The Morgan fingerprint density at radius 1 is 1.00 bits per heavy atom. The molecule has 0 N–H and O–H groups in total. The minimum absolute atomic E-state index is 0.634. The van der Waals surface area contributed by atoms with E-state index in [1.165, 1.54) is 31.2 Å². The first-order valence-electron chi connectivity index (χ1n) is 5.57. The number of rotatable bonds is 7. The zero-order valence-electron chi connectivity index (χ0n) is 8.96. The Morgan fingerprint density at radius 3 is 2.40 bits per heavy atom. The second-order valence-electron chi connectivity index (χ2n) is 3.83. The Labute approximate surface area is 110 Å². The molecule has 1 rings (SSSR count). The van der Waals surface area contributed by atoms with Crippen molar-refractivity contribution in [2.24, 2.45) is 0 Å². The summed E-state index contributed by atoms with van der Waals surface area (Å²) in [5.74, 6) is 0. The lowest BCUT2D eigenvalue weighted by atomic mass is 10.1. The highest BCUT2D eigenvalue weighted by Gasteiger charge is 2.04. The van der Waals surface area contributed by atoms with Gasteiger partial charge in [-0.15, -0.1) is 0 Å². The van der Waals surface area contributed by atoms with E-state index in [-0.39, 0.29) is 0 Å². The van der Waals surface area contributed by atoms with Crippen LogP contribution < -0.4 is 0 Å². The molecule has 0 amide bonds. The van der Waals surface area contributed by atoms with Crippen molar-refractivity contribution in [3.05, 3.63) is 35.9 Å². The quantitative estimate of drug-likeness (QED) is 0.489. The fourth-order valence-electron chi connectivity index (χ4n) is 1.61. The number of benzene rings is 1. The molecule has 1 aromatic carbocycles. The monoisotopic (exact) mass is 332 g/mol. The van der Waals surface area contributed by atoms with Crippen LogP contribution in [0.4, 0.5) is 0 Å². The van der Waals surface area contributed by atoms with Gasteiger partial charge in [0, 0.05) is 10.2 Å². The van der Waals surface area contributed by atoms with Gasteiger partial charge in [-0.25, -0.2) is 0 Å². The third-order valence-electron chi connectivity index (χ3n) is 2.45. The summed E-state index contributed by atoms with van der Waals surface area (Å²) in [7, 11) is 0. The molecule has 0 nitrogen and oxygen atoms in total. The van der Waals surface area contributed by atoms with Gasteiger partial charge in [-0.1, -0.05) is 75.0 Å². The Kier molecular flexibility index (Phi) is 7.37. The molecule has 2 heteroatoms. The van der Waals surface area contributed by atoms with Crippen molar-refractivity contribution in [2.45, 2.75) is 36.9 Å². The Hall–Kier alpha value is 0.180. The third-order valence-corrected chi connectivity index (χ3v) is 3.79. The number of alkyl halides is 2. The maximum atomic E-state index is 3.75. The third kappa shape index (κ3) is 6.36. The first kappa shape index (κ1) is 13.2. The predicted octanol–water partition coefficient (Wildman–Crippen LogP) is 4.95. The van der Waals surface area contributed by atoms with Crippen molar-refractivity contribution in [2.75, 3.05) is 5.33 Å². The van der Waals surface area contributed by atoms with Gasteiger partial charge in [-0.2, -0.15) is 0 Å². The lowest BCUT2D eigenvalue weighted by Crippen LogP contribution is -2.02. The number of halogens is 2. The molecule has 0 aliphatic rings. The zero-order valence-corrected chi connectivity index (χ0v) is 12.1. The number of unbranched alkanes of at least 4 members (excludes halogenated alkanes) is 2. The van der Waals surface area contributed by atoms with Crippen molar-refractivity contribution in [1.82, 2.24) is 0 Å². The van der Waals surface area contributed by atoms with Crippen LogP contribution in [0.2, 0.25) is 0 Å².